The van der Waals surface area contributed by atoms with E-state index in [1.807, 2.05) is 24.3 Å². The summed E-state index contributed by atoms with van der Waals surface area (Å²) in [5.41, 5.74) is 1.63. The van der Waals surface area contributed by atoms with Crippen molar-refractivity contribution < 1.29 is 17.6 Å². The van der Waals surface area contributed by atoms with Crippen molar-refractivity contribution >= 4 is 5.57 Å². The smallest absolute Gasteiger partial charge is 0.165 e. The first kappa shape index (κ1) is 18.2. The van der Waals surface area contributed by atoms with Gasteiger partial charge >= 0.3 is 0 Å². The first-order valence-electron chi connectivity index (χ1n) is 8.03. The van der Waals surface area contributed by atoms with Crippen molar-refractivity contribution in [1.82, 2.24) is 0 Å². The minimum atomic E-state index is -1.40. The molecule has 0 unspecified atom stereocenters. The number of hydrogen-bond acceptors (Lipinski definition) is 0. The summed E-state index contributed by atoms with van der Waals surface area (Å²) in [6, 6.07) is 7.72. The topological polar surface area (TPSA) is 0 Å². The molecule has 2 aromatic carbocycles. The van der Waals surface area contributed by atoms with E-state index < -0.39 is 28.8 Å². The number of rotatable bonds is 7. The molecule has 0 fully saturated rings. The van der Waals surface area contributed by atoms with Gasteiger partial charge in [-0.15, -0.1) is 0 Å². The fourth-order valence-corrected chi connectivity index (χ4v) is 2.58. The third-order valence-corrected chi connectivity index (χ3v) is 4.02. The highest BCUT2D eigenvalue weighted by Crippen LogP contribution is 2.25. The summed E-state index contributed by atoms with van der Waals surface area (Å²) in [5, 5.41) is 0. The van der Waals surface area contributed by atoms with E-state index in [4.69, 9.17) is 0 Å². The Hall–Kier alpha value is -2.10. The average molecular weight is 336 g/mol. The molecule has 0 bridgehead atoms. The van der Waals surface area contributed by atoms with Crippen LogP contribution in [0.25, 0.3) is 5.57 Å². The number of allylic oxidation sites excluding steroid dienone is 1. The van der Waals surface area contributed by atoms with Crippen LogP contribution < -0.4 is 0 Å². The Labute approximate surface area is 139 Å². The van der Waals surface area contributed by atoms with E-state index in [1.165, 1.54) is 5.56 Å². The predicted octanol–water partition coefficient (Wildman–Crippen LogP) is 6.23. The minimum Gasteiger partial charge on any atom is -0.204 e. The molecule has 0 aliphatic heterocycles. The summed E-state index contributed by atoms with van der Waals surface area (Å²) < 4.78 is 54.0. The molecule has 0 atom stereocenters. The second kappa shape index (κ2) is 8.13. The van der Waals surface area contributed by atoms with Gasteiger partial charge in [-0.2, -0.15) is 0 Å². The zero-order valence-corrected chi connectivity index (χ0v) is 13.6. The van der Waals surface area contributed by atoms with Crippen LogP contribution in [0.3, 0.4) is 0 Å². The van der Waals surface area contributed by atoms with Gasteiger partial charge in [-0.25, -0.2) is 17.6 Å². The highest BCUT2D eigenvalue weighted by Gasteiger charge is 2.19. The van der Waals surface area contributed by atoms with Gasteiger partial charge in [0.15, 0.2) is 23.3 Å². The van der Waals surface area contributed by atoms with Crippen molar-refractivity contribution in [3.8, 4) is 0 Å². The number of aryl methyl sites for hydroxylation is 1. The Morgan fingerprint density at radius 1 is 0.917 bits per heavy atom. The van der Waals surface area contributed by atoms with Gasteiger partial charge in [0, 0.05) is 18.1 Å². The first-order valence-corrected chi connectivity index (χ1v) is 8.03. The van der Waals surface area contributed by atoms with Crippen molar-refractivity contribution in [1.29, 1.82) is 0 Å². The van der Waals surface area contributed by atoms with Crippen molar-refractivity contribution in [2.75, 3.05) is 0 Å². The number of unbranched alkanes of at least 4 members (excludes halogenated alkanes) is 2. The zero-order chi connectivity index (χ0) is 17.7. The van der Waals surface area contributed by atoms with Crippen LogP contribution in [0.4, 0.5) is 17.6 Å². The first-order chi connectivity index (χ1) is 11.4. The van der Waals surface area contributed by atoms with Crippen molar-refractivity contribution in [3.05, 3.63) is 76.9 Å². The summed E-state index contributed by atoms with van der Waals surface area (Å²) >= 11 is 0. The fourth-order valence-electron chi connectivity index (χ4n) is 2.58. The van der Waals surface area contributed by atoms with Gasteiger partial charge in [-0.3, -0.25) is 0 Å². The quantitative estimate of drug-likeness (QED) is 0.319. The monoisotopic (exact) mass is 336 g/mol. The SMILES string of the molecule is C=C(Cc1c(F)c(F)cc(F)c1F)c1ccc(CCCCC)cc1. The van der Waals surface area contributed by atoms with Gasteiger partial charge in [0.2, 0.25) is 0 Å². The third kappa shape index (κ3) is 4.25. The van der Waals surface area contributed by atoms with Crippen molar-refractivity contribution in [3.63, 3.8) is 0 Å². The van der Waals surface area contributed by atoms with Crippen LogP contribution >= 0.6 is 0 Å². The maximum atomic E-state index is 13.7. The summed E-state index contributed by atoms with van der Waals surface area (Å²) in [7, 11) is 0. The van der Waals surface area contributed by atoms with Crippen LogP contribution in [-0.4, -0.2) is 0 Å². The molecular weight excluding hydrogens is 316 g/mol. The Morgan fingerprint density at radius 2 is 1.50 bits per heavy atom. The highest BCUT2D eigenvalue weighted by molar-refractivity contribution is 5.66. The van der Waals surface area contributed by atoms with E-state index in [0.29, 0.717) is 11.1 Å². The maximum absolute atomic E-state index is 13.7. The molecule has 0 N–H and O–H groups in total. The molecule has 0 spiro atoms. The summed E-state index contributed by atoms with van der Waals surface area (Å²) in [6.07, 6.45) is 4.10. The molecule has 2 rings (SSSR count). The van der Waals surface area contributed by atoms with E-state index in [2.05, 4.69) is 13.5 Å². The Bertz CT molecular complexity index is 691. The van der Waals surface area contributed by atoms with E-state index in [1.54, 1.807) is 0 Å². The van der Waals surface area contributed by atoms with E-state index in [0.717, 1.165) is 25.7 Å². The molecule has 0 aliphatic rings. The Balaban J connectivity index is 2.13. The van der Waals surface area contributed by atoms with Crippen LogP contribution in [0.1, 0.15) is 42.9 Å². The van der Waals surface area contributed by atoms with Gasteiger partial charge in [0.1, 0.15) is 0 Å². The lowest BCUT2D eigenvalue weighted by atomic mass is 9.97. The summed E-state index contributed by atoms with van der Waals surface area (Å²) in [6.45, 7) is 5.93. The van der Waals surface area contributed by atoms with Crippen LogP contribution in [0.5, 0.6) is 0 Å². The van der Waals surface area contributed by atoms with Crippen LogP contribution in [-0.2, 0) is 12.8 Å². The molecule has 0 saturated heterocycles. The van der Waals surface area contributed by atoms with Crippen molar-refractivity contribution in [2.24, 2.45) is 0 Å². The Morgan fingerprint density at radius 3 is 2.04 bits per heavy atom. The zero-order valence-electron chi connectivity index (χ0n) is 13.6. The summed E-state index contributed by atoms with van der Waals surface area (Å²) in [4.78, 5) is 0. The Kier molecular flexibility index (Phi) is 6.18. The molecule has 0 aliphatic carbocycles. The van der Waals surface area contributed by atoms with Crippen LogP contribution in [0.2, 0.25) is 0 Å². The third-order valence-electron chi connectivity index (χ3n) is 4.02. The molecule has 128 valence electrons. The second-order valence-electron chi connectivity index (χ2n) is 5.88. The molecule has 0 radical (unpaired) electrons. The number of benzene rings is 2. The normalized spacial score (nSPS) is 10.9. The van der Waals surface area contributed by atoms with Crippen LogP contribution in [0, 0.1) is 23.3 Å². The lowest BCUT2D eigenvalue weighted by Gasteiger charge is -2.10. The average Bonchev–Trinajstić information content (AvgIpc) is 2.57. The summed E-state index contributed by atoms with van der Waals surface area (Å²) in [5.74, 6) is -5.54. The minimum absolute atomic E-state index is 0.210. The predicted molar refractivity (Wildman–Crippen MR) is 88.7 cm³/mol. The fraction of sp³-hybridized carbons (Fsp3) is 0.300. The standard InChI is InChI=1S/C20H20F4/c1-3-4-5-6-14-7-9-15(10-8-14)13(2)11-16-19(23)17(21)12-18(22)20(16)24/h7-10,12H,2-6,11H2,1H3. The molecule has 0 saturated carbocycles. The molecule has 2 aromatic rings. The molecule has 0 heterocycles. The molecule has 24 heavy (non-hydrogen) atoms. The highest BCUT2D eigenvalue weighted by atomic mass is 19.2. The van der Waals surface area contributed by atoms with Crippen molar-refractivity contribution in [2.45, 2.75) is 39.0 Å². The number of halogens is 4. The molecule has 0 aromatic heterocycles. The molecular formula is C20H20F4. The second-order valence-corrected chi connectivity index (χ2v) is 5.88. The van der Waals surface area contributed by atoms with Gasteiger partial charge in [-0.1, -0.05) is 50.6 Å². The van der Waals surface area contributed by atoms with E-state index in [-0.39, 0.29) is 12.5 Å². The van der Waals surface area contributed by atoms with E-state index in [9.17, 15) is 17.6 Å². The number of hydrogen-bond donors (Lipinski definition) is 0. The lowest BCUT2D eigenvalue weighted by Crippen LogP contribution is -2.03. The maximum Gasteiger partial charge on any atom is 0.165 e. The van der Waals surface area contributed by atoms with Gasteiger partial charge in [-0.05, 0) is 29.5 Å². The molecule has 0 nitrogen and oxygen atoms in total. The lowest BCUT2D eigenvalue weighted by molar-refractivity contribution is 0.442. The van der Waals surface area contributed by atoms with Crippen LogP contribution in [0.15, 0.2) is 36.9 Å². The molecule has 4 heteroatoms. The van der Waals surface area contributed by atoms with E-state index >= 15 is 0 Å². The van der Waals surface area contributed by atoms with Gasteiger partial charge in [0.25, 0.3) is 0 Å². The van der Waals surface area contributed by atoms with Gasteiger partial charge in [0.05, 0.1) is 0 Å². The molecule has 0 amide bonds. The largest absolute Gasteiger partial charge is 0.204 e. The van der Waals surface area contributed by atoms with Gasteiger partial charge < -0.3 is 0 Å².